The van der Waals surface area contributed by atoms with Crippen molar-refractivity contribution in [1.29, 1.82) is 0 Å². The van der Waals surface area contributed by atoms with Gasteiger partial charge in [0.1, 0.15) is 4.90 Å². The molecule has 0 heterocycles. The molecule has 120 valence electrons. The highest BCUT2D eigenvalue weighted by Gasteiger charge is 2.39. The second kappa shape index (κ2) is 7.21. The molecular formula is C12H16Cl4N2O2S. The summed E-state index contributed by atoms with van der Waals surface area (Å²) < 4.78 is 26.6. The van der Waals surface area contributed by atoms with Gasteiger partial charge in [-0.15, -0.1) is 12.4 Å². The second-order valence-corrected chi connectivity index (χ2v) is 8.05. The van der Waals surface area contributed by atoms with Gasteiger partial charge in [-0.25, -0.2) is 8.42 Å². The quantitative estimate of drug-likeness (QED) is 0.833. The second-order valence-electron chi connectivity index (χ2n) is 4.86. The zero-order valence-electron chi connectivity index (χ0n) is 11.2. The summed E-state index contributed by atoms with van der Waals surface area (Å²) >= 11 is 17.8. The van der Waals surface area contributed by atoms with Crippen molar-refractivity contribution in [3.8, 4) is 0 Å². The molecule has 1 fully saturated rings. The van der Waals surface area contributed by atoms with Gasteiger partial charge in [0.05, 0.1) is 10.0 Å². The normalized spacial score (nSPS) is 16.7. The van der Waals surface area contributed by atoms with Crippen LogP contribution in [0.25, 0.3) is 0 Å². The fourth-order valence-electron chi connectivity index (χ4n) is 2.22. The predicted octanol–water partition coefficient (Wildman–Crippen LogP) is 3.43. The first-order valence-electron chi connectivity index (χ1n) is 6.11. The van der Waals surface area contributed by atoms with E-state index in [-0.39, 0.29) is 39.9 Å². The molecule has 21 heavy (non-hydrogen) atoms. The van der Waals surface area contributed by atoms with Crippen molar-refractivity contribution in [1.82, 2.24) is 4.31 Å². The molecule has 0 saturated heterocycles. The Hall–Kier alpha value is 0.250. The van der Waals surface area contributed by atoms with Gasteiger partial charge < -0.3 is 5.73 Å². The molecule has 0 bridgehead atoms. The molecule has 1 unspecified atom stereocenters. The number of nitrogens with zero attached hydrogens (tertiary/aromatic N) is 1. The fourth-order valence-corrected chi connectivity index (χ4v) is 5.13. The van der Waals surface area contributed by atoms with Crippen LogP contribution in [-0.2, 0) is 10.0 Å². The van der Waals surface area contributed by atoms with Gasteiger partial charge >= 0.3 is 0 Å². The van der Waals surface area contributed by atoms with E-state index in [9.17, 15) is 8.42 Å². The summed E-state index contributed by atoms with van der Waals surface area (Å²) in [7, 11) is -2.30. The molecule has 0 spiro atoms. The third kappa shape index (κ3) is 3.96. The van der Waals surface area contributed by atoms with E-state index in [4.69, 9.17) is 40.5 Å². The number of likely N-dealkylation sites (N-methyl/N-ethyl adjacent to an activating group) is 1. The summed E-state index contributed by atoms with van der Waals surface area (Å²) in [4.78, 5) is -0.119. The zero-order chi connectivity index (χ0) is 15.1. The van der Waals surface area contributed by atoms with Crippen LogP contribution in [0, 0.1) is 5.92 Å². The van der Waals surface area contributed by atoms with Crippen LogP contribution in [-0.4, -0.2) is 32.4 Å². The van der Waals surface area contributed by atoms with Crippen molar-refractivity contribution in [3.05, 3.63) is 27.2 Å². The van der Waals surface area contributed by atoms with Crippen LogP contribution in [0.3, 0.4) is 0 Å². The summed E-state index contributed by atoms with van der Waals surface area (Å²) in [6.07, 6.45) is 1.98. The topological polar surface area (TPSA) is 63.4 Å². The summed E-state index contributed by atoms with van der Waals surface area (Å²) in [6.45, 7) is 0.267. The average Bonchev–Trinajstić information content (AvgIpc) is 3.12. The molecule has 0 radical (unpaired) electrons. The molecule has 1 aromatic carbocycles. The number of hydrogen-bond acceptors (Lipinski definition) is 3. The number of hydrogen-bond donors (Lipinski definition) is 1. The van der Waals surface area contributed by atoms with Crippen molar-refractivity contribution in [2.45, 2.75) is 23.8 Å². The Labute approximate surface area is 146 Å². The Bertz CT molecular complexity index is 597. The molecule has 2 N–H and O–H groups in total. The Morgan fingerprint density at radius 3 is 2.14 bits per heavy atom. The van der Waals surface area contributed by atoms with Gasteiger partial charge in [-0.3, -0.25) is 0 Å². The minimum atomic E-state index is -3.80. The molecule has 1 atom stereocenters. The summed E-state index contributed by atoms with van der Waals surface area (Å²) in [5.74, 6) is 0.310. The SMILES string of the molecule is CN(C(CN)C1CC1)S(=O)(=O)c1c(Cl)cc(Cl)cc1Cl.Cl. The smallest absolute Gasteiger partial charge is 0.246 e. The molecule has 1 aliphatic rings. The number of sulfonamides is 1. The first-order valence-corrected chi connectivity index (χ1v) is 8.69. The van der Waals surface area contributed by atoms with Crippen LogP contribution in [0.5, 0.6) is 0 Å². The monoisotopic (exact) mass is 392 g/mol. The lowest BCUT2D eigenvalue weighted by Crippen LogP contribution is -2.43. The highest BCUT2D eigenvalue weighted by molar-refractivity contribution is 7.89. The lowest BCUT2D eigenvalue weighted by atomic mass is 10.2. The van der Waals surface area contributed by atoms with Gasteiger partial charge in [0.25, 0.3) is 0 Å². The maximum atomic E-state index is 12.7. The van der Waals surface area contributed by atoms with Crippen molar-refractivity contribution in [2.24, 2.45) is 11.7 Å². The van der Waals surface area contributed by atoms with Gasteiger partial charge in [-0.05, 0) is 30.9 Å². The van der Waals surface area contributed by atoms with Gasteiger partial charge in [-0.1, -0.05) is 34.8 Å². The number of nitrogens with two attached hydrogens (primary N) is 1. The fraction of sp³-hybridized carbons (Fsp3) is 0.500. The summed E-state index contributed by atoms with van der Waals surface area (Å²) in [5.41, 5.74) is 5.70. The maximum Gasteiger partial charge on any atom is 0.246 e. The Kier molecular flexibility index (Phi) is 6.63. The molecule has 1 aromatic rings. The van der Waals surface area contributed by atoms with E-state index in [1.165, 1.54) is 23.5 Å². The minimum absolute atomic E-state index is 0. The van der Waals surface area contributed by atoms with Gasteiger partial charge in [0, 0.05) is 24.7 Å². The zero-order valence-corrected chi connectivity index (χ0v) is 15.1. The van der Waals surface area contributed by atoms with E-state index in [2.05, 4.69) is 0 Å². The lowest BCUT2D eigenvalue weighted by molar-refractivity contribution is 0.340. The van der Waals surface area contributed by atoms with Gasteiger partial charge in [0.2, 0.25) is 10.0 Å². The third-order valence-corrected chi connectivity index (χ3v) is 6.50. The standard InChI is InChI=1S/C12H15Cl3N2O2S.ClH/c1-17(11(6-16)7-2-3-7)20(18,19)12-9(14)4-8(13)5-10(12)15;/h4-5,7,11H,2-3,6,16H2,1H3;1H. The molecule has 0 amide bonds. The Morgan fingerprint density at radius 1 is 1.29 bits per heavy atom. The summed E-state index contributed by atoms with van der Waals surface area (Å²) in [6, 6.07) is 2.50. The number of halogens is 4. The van der Waals surface area contributed by atoms with E-state index in [0.717, 1.165) is 12.8 Å². The van der Waals surface area contributed by atoms with Gasteiger partial charge in [-0.2, -0.15) is 4.31 Å². The molecule has 2 rings (SSSR count). The van der Waals surface area contributed by atoms with Crippen LogP contribution in [0.1, 0.15) is 12.8 Å². The molecule has 1 saturated carbocycles. The Balaban J connectivity index is 0.00000220. The molecule has 1 aliphatic carbocycles. The molecule has 0 aromatic heterocycles. The van der Waals surface area contributed by atoms with Crippen molar-refractivity contribution in [3.63, 3.8) is 0 Å². The molecule has 9 heteroatoms. The maximum absolute atomic E-state index is 12.7. The van der Waals surface area contributed by atoms with Crippen LogP contribution in [0.15, 0.2) is 17.0 Å². The van der Waals surface area contributed by atoms with E-state index >= 15 is 0 Å². The number of benzene rings is 1. The van der Waals surface area contributed by atoms with E-state index in [1.807, 2.05) is 0 Å². The van der Waals surface area contributed by atoms with E-state index in [0.29, 0.717) is 10.9 Å². The minimum Gasteiger partial charge on any atom is -0.329 e. The number of rotatable bonds is 5. The van der Waals surface area contributed by atoms with Crippen LogP contribution < -0.4 is 5.73 Å². The largest absolute Gasteiger partial charge is 0.329 e. The van der Waals surface area contributed by atoms with Crippen LogP contribution in [0.4, 0.5) is 0 Å². The average molecular weight is 394 g/mol. The van der Waals surface area contributed by atoms with E-state index < -0.39 is 10.0 Å². The third-order valence-electron chi connectivity index (χ3n) is 3.47. The lowest BCUT2D eigenvalue weighted by Gasteiger charge is -2.27. The molecule has 0 aliphatic heterocycles. The first kappa shape index (κ1) is 19.3. The highest BCUT2D eigenvalue weighted by Crippen LogP contribution is 2.39. The molecular weight excluding hydrogens is 378 g/mol. The van der Waals surface area contributed by atoms with Gasteiger partial charge in [0.15, 0.2) is 0 Å². The first-order chi connectivity index (χ1) is 9.28. The van der Waals surface area contributed by atoms with Crippen molar-refractivity contribution in [2.75, 3.05) is 13.6 Å². The summed E-state index contributed by atoms with van der Waals surface area (Å²) in [5, 5.41) is 0.320. The van der Waals surface area contributed by atoms with Crippen molar-refractivity contribution < 1.29 is 8.42 Å². The highest BCUT2D eigenvalue weighted by atomic mass is 35.5. The van der Waals surface area contributed by atoms with Crippen molar-refractivity contribution >= 4 is 57.2 Å². The predicted molar refractivity (Wildman–Crippen MR) is 89.2 cm³/mol. The van der Waals surface area contributed by atoms with Crippen LogP contribution >= 0.6 is 47.2 Å². The van der Waals surface area contributed by atoms with Crippen LogP contribution in [0.2, 0.25) is 15.1 Å². The van der Waals surface area contributed by atoms with E-state index in [1.54, 1.807) is 0 Å². The Morgan fingerprint density at radius 2 is 1.76 bits per heavy atom. The molecule has 4 nitrogen and oxygen atoms in total.